The van der Waals surface area contributed by atoms with Crippen molar-refractivity contribution in [3.8, 4) is 0 Å². The summed E-state index contributed by atoms with van der Waals surface area (Å²) in [5, 5.41) is 19.2. The molecule has 1 atom stereocenters. The van der Waals surface area contributed by atoms with Gasteiger partial charge in [-0.3, -0.25) is 9.48 Å². The fourth-order valence-corrected chi connectivity index (χ4v) is 4.07. The van der Waals surface area contributed by atoms with Crippen molar-refractivity contribution in [2.45, 2.75) is 45.4 Å². The molecule has 1 aliphatic carbocycles. The van der Waals surface area contributed by atoms with Crippen LogP contribution in [0.2, 0.25) is 0 Å². The first-order chi connectivity index (χ1) is 12.1. The van der Waals surface area contributed by atoms with E-state index in [9.17, 15) is 9.90 Å². The van der Waals surface area contributed by atoms with Crippen LogP contribution in [0.5, 0.6) is 0 Å². The van der Waals surface area contributed by atoms with Gasteiger partial charge in [0.15, 0.2) is 0 Å². The Labute approximate surface area is 151 Å². The fourth-order valence-electron chi connectivity index (χ4n) is 3.20. The van der Waals surface area contributed by atoms with Crippen LogP contribution in [0.15, 0.2) is 23.6 Å². The van der Waals surface area contributed by atoms with Gasteiger partial charge in [-0.1, -0.05) is 6.07 Å². The average Bonchev–Trinajstić information content (AvgIpc) is 3.20. The molecule has 0 spiro atoms. The van der Waals surface area contributed by atoms with Crippen LogP contribution in [0.25, 0.3) is 0 Å². The maximum atomic E-state index is 12.9. The summed E-state index contributed by atoms with van der Waals surface area (Å²) in [7, 11) is 0. The number of hydrogen-bond acceptors (Lipinski definition) is 5. The minimum atomic E-state index is -0.247. The van der Waals surface area contributed by atoms with Crippen molar-refractivity contribution >= 4 is 17.2 Å². The van der Waals surface area contributed by atoms with Crippen LogP contribution in [0.4, 0.5) is 0 Å². The van der Waals surface area contributed by atoms with Crippen LogP contribution in [0.3, 0.4) is 0 Å². The summed E-state index contributed by atoms with van der Waals surface area (Å²) in [6.45, 7) is 5.55. The molecule has 0 radical (unpaired) electrons. The fraction of sp³-hybridized carbons (Fsp3) is 0.556. The SMILES string of the molecule is CCOCCn1nc(C)cc1C(=O)N[C@@H](c1cccs1)C1CC(O)C1. The Morgan fingerprint density at radius 1 is 1.56 bits per heavy atom. The van der Waals surface area contributed by atoms with E-state index in [1.807, 2.05) is 37.4 Å². The van der Waals surface area contributed by atoms with E-state index in [-0.39, 0.29) is 24.0 Å². The third-order valence-electron chi connectivity index (χ3n) is 4.54. The number of amides is 1. The summed E-state index contributed by atoms with van der Waals surface area (Å²) >= 11 is 1.63. The third-order valence-corrected chi connectivity index (χ3v) is 5.50. The van der Waals surface area contributed by atoms with Crippen molar-refractivity contribution in [1.82, 2.24) is 15.1 Å². The molecule has 0 aliphatic heterocycles. The predicted molar refractivity (Wildman–Crippen MR) is 96.7 cm³/mol. The lowest BCUT2D eigenvalue weighted by atomic mass is 9.76. The van der Waals surface area contributed by atoms with Crippen LogP contribution in [0, 0.1) is 12.8 Å². The largest absolute Gasteiger partial charge is 0.393 e. The number of ether oxygens (including phenoxy) is 1. The Morgan fingerprint density at radius 2 is 2.36 bits per heavy atom. The Kier molecular flexibility index (Phi) is 5.88. The molecule has 0 unspecified atom stereocenters. The highest BCUT2D eigenvalue weighted by atomic mass is 32.1. The minimum Gasteiger partial charge on any atom is -0.393 e. The second kappa shape index (κ2) is 8.12. The number of thiophene rings is 1. The topological polar surface area (TPSA) is 76.4 Å². The molecule has 1 aliphatic rings. The number of carbonyl (C=O) groups is 1. The van der Waals surface area contributed by atoms with Crippen LogP contribution < -0.4 is 5.32 Å². The lowest BCUT2D eigenvalue weighted by Gasteiger charge is -2.37. The molecule has 1 fully saturated rings. The van der Waals surface area contributed by atoms with E-state index in [1.54, 1.807) is 16.0 Å². The van der Waals surface area contributed by atoms with Gasteiger partial charge in [-0.25, -0.2) is 0 Å². The van der Waals surface area contributed by atoms with Gasteiger partial charge in [0, 0.05) is 11.5 Å². The van der Waals surface area contributed by atoms with Gasteiger partial charge in [0.25, 0.3) is 5.91 Å². The molecule has 2 heterocycles. The first kappa shape index (κ1) is 18.1. The Bertz CT molecular complexity index is 692. The van der Waals surface area contributed by atoms with Gasteiger partial charge >= 0.3 is 0 Å². The zero-order valence-electron chi connectivity index (χ0n) is 14.6. The quantitative estimate of drug-likeness (QED) is 0.707. The van der Waals surface area contributed by atoms with Crippen molar-refractivity contribution in [1.29, 1.82) is 0 Å². The molecule has 2 N–H and O–H groups in total. The van der Waals surface area contributed by atoms with Gasteiger partial charge in [0.1, 0.15) is 5.69 Å². The predicted octanol–water partition coefficient (Wildman–Crippen LogP) is 2.53. The zero-order valence-corrected chi connectivity index (χ0v) is 15.5. The molecular formula is C18H25N3O3S. The van der Waals surface area contributed by atoms with E-state index >= 15 is 0 Å². The molecule has 0 saturated heterocycles. The van der Waals surface area contributed by atoms with Crippen molar-refractivity contribution in [2.75, 3.05) is 13.2 Å². The summed E-state index contributed by atoms with van der Waals surface area (Å²) < 4.78 is 7.09. The highest BCUT2D eigenvalue weighted by Crippen LogP contribution is 2.39. The average molecular weight is 363 g/mol. The summed E-state index contributed by atoms with van der Waals surface area (Å²) in [6.07, 6.45) is 1.21. The number of aliphatic hydroxyl groups excluding tert-OH is 1. The molecule has 2 aromatic rings. The van der Waals surface area contributed by atoms with Crippen molar-refractivity contribution < 1.29 is 14.6 Å². The number of nitrogens with zero attached hydrogens (tertiary/aromatic N) is 2. The number of aliphatic hydroxyl groups is 1. The summed E-state index contributed by atoms with van der Waals surface area (Å²) in [5.41, 5.74) is 1.37. The molecule has 3 rings (SSSR count). The lowest BCUT2D eigenvalue weighted by molar-refractivity contribution is 0.0239. The standard InChI is InChI=1S/C18H25N3O3S/c1-3-24-7-6-21-15(9-12(2)20-21)18(23)19-17(13-10-14(22)11-13)16-5-4-8-25-16/h4-5,8-9,13-14,17,22H,3,6-7,10-11H2,1-2H3,(H,19,23)/t13?,14?,17-/m1/s1. The number of nitrogens with one attached hydrogen (secondary N) is 1. The first-order valence-electron chi connectivity index (χ1n) is 8.73. The van der Waals surface area contributed by atoms with Crippen LogP contribution in [0.1, 0.15) is 46.9 Å². The molecule has 1 saturated carbocycles. The maximum Gasteiger partial charge on any atom is 0.270 e. The number of hydrogen-bond donors (Lipinski definition) is 2. The molecule has 7 heteroatoms. The van der Waals surface area contributed by atoms with Gasteiger partial charge < -0.3 is 15.2 Å². The van der Waals surface area contributed by atoms with Gasteiger partial charge in [0.05, 0.1) is 31.0 Å². The zero-order chi connectivity index (χ0) is 17.8. The van der Waals surface area contributed by atoms with E-state index in [1.165, 1.54) is 0 Å². The summed E-state index contributed by atoms with van der Waals surface area (Å²) in [5.74, 6) is 0.149. The van der Waals surface area contributed by atoms with Crippen molar-refractivity contribution in [3.05, 3.63) is 39.8 Å². The maximum absolute atomic E-state index is 12.9. The number of aromatic nitrogens is 2. The van der Waals surface area contributed by atoms with E-state index < -0.39 is 0 Å². The normalized spacial score (nSPS) is 20.9. The molecule has 6 nitrogen and oxygen atoms in total. The Hall–Kier alpha value is -1.70. The highest BCUT2D eigenvalue weighted by Gasteiger charge is 2.36. The van der Waals surface area contributed by atoms with Crippen molar-refractivity contribution in [3.63, 3.8) is 0 Å². The van der Waals surface area contributed by atoms with Crippen LogP contribution in [-0.4, -0.2) is 40.1 Å². The Balaban J connectivity index is 1.73. The molecular weight excluding hydrogens is 338 g/mol. The monoisotopic (exact) mass is 363 g/mol. The van der Waals surface area contributed by atoms with E-state index in [0.29, 0.717) is 25.5 Å². The number of carbonyl (C=O) groups excluding carboxylic acids is 1. The molecule has 0 bridgehead atoms. The molecule has 136 valence electrons. The van der Waals surface area contributed by atoms with Crippen LogP contribution in [-0.2, 0) is 11.3 Å². The molecule has 1 amide bonds. The van der Waals surface area contributed by atoms with Crippen molar-refractivity contribution in [2.24, 2.45) is 5.92 Å². The highest BCUT2D eigenvalue weighted by molar-refractivity contribution is 7.10. The lowest BCUT2D eigenvalue weighted by Crippen LogP contribution is -2.41. The van der Waals surface area contributed by atoms with E-state index in [4.69, 9.17) is 4.74 Å². The molecule has 25 heavy (non-hydrogen) atoms. The Morgan fingerprint density at radius 3 is 3.00 bits per heavy atom. The second-order valence-corrected chi connectivity index (χ2v) is 7.42. The van der Waals surface area contributed by atoms with E-state index in [0.717, 1.165) is 23.4 Å². The minimum absolute atomic E-state index is 0.0635. The van der Waals surface area contributed by atoms with Gasteiger partial charge in [-0.2, -0.15) is 5.10 Å². The summed E-state index contributed by atoms with van der Waals surface area (Å²) in [6, 6.07) is 5.77. The third kappa shape index (κ3) is 4.29. The van der Waals surface area contributed by atoms with E-state index in [2.05, 4.69) is 10.4 Å². The number of aryl methyl sites for hydroxylation is 1. The van der Waals surface area contributed by atoms with Gasteiger partial charge in [-0.05, 0) is 50.1 Å². The summed E-state index contributed by atoms with van der Waals surface area (Å²) in [4.78, 5) is 14.0. The van der Waals surface area contributed by atoms with Crippen LogP contribution >= 0.6 is 11.3 Å². The first-order valence-corrected chi connectivity index (χ1v) is 9.61. The smallest absolute Gasteiger partial charge is 0.270 e. The van der Waals surface area contributed by atoms with Gasteiger partial charge in [-0.15, -0.1) is 11.3 Å². The molecule has 0 aromatic carbocycles. The second-order valence-electron chi connectivity index (χ2n) is 6.44. The molecule has 2 aromatic heterocycles. The number of rotatable bonds is 8. The van der Waals surface area contributed by atoms with Gasteiger partial charge in [0.2, 0.25) is 0 Å².